The number of aliphatic imine (C=N–C) groups is 1. The quantitative estimate of drug-likeness (QED) is 0.532. The predicted molar refractivity (Wildman–Crippen MR) is 88.7 cm³/mol. The molecule has 1 aromatic carbocycles. The average molecular weight is 317 g/mol. The van der Waals surface area contributed by atoms with Crippen molar-refractivity contribution in [2.24, 2.45) is 16.5 Å². The molecule has 0 unspecified atom stereocenters. The highest BCUT2D eigenvalue weighted by atomic mass is 16.2. The second-order valence-corrected chi connectivity index (χ2v) is 5.57. The maximum absolute atomic E-state index is 11.8. The van der Waals surface area contributed by atoms with Crippen LogP contribution in [0.4, 0.5) is 0 Å². The summed E-state index contributed by atoms with van der Waals surface area (Å²) in [6.07, 6.45) is 3.57. The van der Waals surface area contributed by atoms with Gasteiger partial charge in [0.25, 0.3) is 5.91 Å². The smallest absolute Gasteiger partial charge is 0.251 e. The van der Waals surface area contributed by atoms with E-state index in [-0.39, 0.29) is 12.5 Å². The molecule has 23 heavy (non-hydrogen) atoms. The molecule has 1 aliphatic heterocycles. The molecule has 5 N–H and O–H groups in total. The normalized spacial score (nSPS) is 15.3. The standard InChI is InChI=1S/C16H23N5O2/c17-14(22)11-19-15(23)13-6-4-12(5-7-13)10-20-16(18)21-8-2-1-3-9-21/h4-7H,1-3,8-11H2,(H2,17,22)(H2,18,20)(H,19,23). The van der Waals surface area contributed by atoms with Crippen molar-refractivity contribution in [3.8, 4) is 0 Å². The molecule has 7 heteroatoms. The number of carbonyl (C=O) groups excluding carboxylic acids is 2. The number of hydrogen-bond acceptors (Lipinski definition) is 3. The summed E-state index contributed by atoms with van der Waals surface area (Å²) in [5, 5.41) is 2.44. The van der Waals surface area contributed by atoms with Crippen LogP contribution in [0.5, 0.6) is 0 Å². The zero-order chi connectivity index (χ0) is 16.7. The Balaban J connectivity index is 1.89. The molecule has 1 fully saturated rings. The van der Waals surface area contributed by atoms with Crippen LogP contribution < -0.4 is 16.8 Å². The molecule has 2 amide bonds. The molecule has 0 saturated carbocycles. The van der Waals surface area contributed by atoms with Crippen LogP contribution >= 0.6 is 0 Å². The van der Waals surface area contributed by atoms with E-state index in [1.54, 1.807) is 12.1 Å². The van der Waals surface area contributed by atoms with E-state index >= 15 is 0 Å². The first-order chi connectivity index (χ1) is 11.1. The lowest BCUT2D eigenvalue weighted by molar-refractivity contribution is -0.117. The van der Waals surface area contributed by atoms with Crippen LogP contribution in [0.2, 0.25) is 0 Å². The van der Waals surface area contributed by atoms with Crippen LogP contribution in [0.1, 0.15) is 35.2 Å². The highest BCUT2D eigenvalue weighted by molar-refractivity contribution is 5.96. The Morgan fingerprint density at radius 1 is 1.09 bits per heavy atom. The summed E-state index contributed by atoms with van der Waals surface area (Å²) in [5.41, 5.74) is 12.4. The van der Waals surface area contributed by atoms with Crippen molar-refractivity contribution in [1.82, 2.24) is 10.2 Å². The Hall–Kier alpha value is -2.57. The first kappa shape index (κ1) is 16.8. The van der Waals surface area contributed by atoms with Gasteiger partial charge in [-0.25, -0.2) is 4.99 Å². The minimum atomic E-state index is -0.572. The van der Waals surface area contributed by atoms with Gasteiger partial charge >= 0.3 is 0 Å². The number of hydrogen-bond donors (Lipinski definition) is 3. The summed E-state index contributed by atoms with van der Waals surface area (Å²) in [5.74, 6) is -0.322. The van der Waals surface area contributed by atoms with Crippen LogP contribution in [0, 0.1) is 0 Å². The third-order valence-electron chi connectivity index (χ3n) is 3.74. The second kappa shape index (κ2) is 8.17. The van der Waals surface area contributed by atoms with Crippen LogP contribution in [0.3, 0.4) is 0 Å². The fourth-order valence-electron chi connectivity index (χ4n) is 2.43. The van der Waals surface area contributed by atoms with Gasteiger partial charge in [0.05, 0.1) is 13.1 Å². The molecule has 7 nitrogen and oxygen atoms in total. The number of carbonyl (C=O) groups is 2. The van der Waals surface area contributed by atoms with Gasteiger partial charge in [-0.15, -0.1) is 0 Å². The van der Waals surface area contributed by atoms with Crippen LogP contribution in [0.15, 0.2) is 29.3 Å². The van der Waals surface area contributed by atoms with Gasteiger partial charge in [-0.1, -0.05) is 12.1 Å². The number of likely N-dealkylation sites (tertiary alicyclic amines) is 1. The Kier molecular flexibility index (Phi) is 5.96. The Morgan fingerprint density at radius 3 is 2.35 bits per heavy atom. The molecule has 1 aliphatic rings. The predicted octanol–water partition coefficient (Wildman–Crippen LogP) is 0.202. The van der Waals surface area contributed by atoms with Crippen molar-refractivity contribution in [2.45, 2.75) is 25.8 Å². The van der Waals surface area contributed by atoms with E-state index in [0.717, 1.165) is 31.5 Å². The number of nitrogens with two attached hydrogens (primary N) is 2. The molecule has 0 spiro atoms. The van der Waals surface area contributed by atoms with E-state index in [1.165, 1.54) is 6.42 Å². The Labute approximate surface area is 135 Å². The molecular weight excluding hydrogens is 294 g/mol. The van der Waals surface area contributed by atoms with E-state index in [4.69, 9.17) is 11.5 Å². The molecule has 1 heterocycles. The number of primary amides is 1. The van der Waals surface area contributed by atoms with E-state index in [9.17, 15) is 9.59 Å². The van der Waals surface area contributed by atoms with Gasteiger partial charge in [0.2, 0.25) is 5.91 Å². The molecule has 0 aliphatic carbocycles. The maximum atomic E-state index is 11.8. The maximum Gasteiger partial charge on any atom is 0.251 e. The van der Waals surface area contributed by atoms with Crippen molar-refractivity contribution < 1.29 is 9.59 Å². The summed E-state index contributed by atoms with van der Waals surface area (Å²) in [6, 6.07) is 7.04. The van der Waals surface area contributed by atoms with Gasteiger partial charge in [0.15, 0.2) is 5.96 Å². The zero-order valence-corrected chi connectivity index (χ0v) is 13.1. The molecule has 2 rings (SSSR count). The van der Waals surface area contributed by atoms with Gasteiger partial charge in [0, 0.05) is 18.7 Å². The summed E-state index contributed by atoms with van der Waals surface area (Å²) < 4.78 is 0. The summed E-state index contributed by atoms with van der Waals surface area (Å²) in [4.78, 5) is 28.9. The molecule has 1 aromatic rings. The SMILES string of the molecule is NC(=O)CNC(=O)c1ccc(CN=C(N)N2CCCCC2)cc1. The Bertz CT molecular complexity index is 577. The minimum absolute atomic E-state index is 0.169. The monoisotopic (exact) mass is 317 g/mol. The van der Waals surface area contributed by atoms with Crippen LogP contribution in [0.25, 0.3) is 0 Å². The number of nitrogens with one attached hydrogen (secondary N) is 1. The van der Waals surface area contributed by atoms with E-state index in [2.05, 4.69) is 15.2 Å². The number of rotatable bonds is 5. The highest BCUT2D eigenvalue weighted by Gasteiger charge is 2.11. The van der Waals surface area contributed by atoms with Gasteiger partial charge in [-0.3, -0.25) is 9.59 Å². The third-order valence-corrected chi connectivity index (χ3v) is 3.74. The minimum Gasteiger partial charge on any atom is -0.370 e. The third kappa shape index (κ3) is 5.28. The summed E-state index contributed by atoms with van der Waals surface area (Å²) in [7, 11) is 0. The Morgan fingerprint density at radius 2 is 1.74 bits per heavy atom. The van der Waals surface area contributed by atoms with E-state index < -0.39 is 5.91 Å². The van der Waals surface area contributed by atoms with Crippen molar-refractivity contribution >= 4 is 17.8 Å². The van der Waals surface area contributed by atoms with E-state index in [0.29, 0.717) is 18.1 Å². The van der Waals surface area contributed by atoms with Gasteiger partial charge in [-0.2, -0.15) is 0 Å². The van der Waals surface area contributed by atoms with Crippen molar-refractivity contribution in [3.63, 3.8) is 0 Å². The summed E-state index contributed by atoms with van der Waals surface area (Å²) >= 11 is 0. The van der Waals surface area contributed by atoms with E-state index in [1.807, 2.05) is 12.1 Å². The largest absolute Gasteiger partial charge is 0.370 e. The fraction of sp³-hybridized carbons (Fsp3) is 0.438. The number of amides is 2. The number of nitrogens with zero attached hydrogens (tertiary/aromatic N) is 2. The molecule has 1 saturated heterocycles. The first-order valence-electron chi connectivity index (χ1n) is 7.76. The van der Waals surface area contributed by atoms with Crippen molar-refractivity contribution in [3.05, 3.63) is 35.4 Å². The fourth-order valence-corrected chi connectivity index (χ4v) is 2.43. The number of guanidine groups is 1. The molecule has 0 atom stereocenters. The lowest BCUT2D eigenvalue weighted by Gasteiger charge is -2.27. The second-order valence-electron chi connectivity index (χ2n) is 5.57. The van der Waals surface area contributed by atoms with Gasteiger partial charge < -0.3 is 21.7 Å². The first-order valence-corrected chi connectivity index (χ1v) is 7.76. The lowest BCUT2D eigenvalue weighted by atomic mass is 10.1. The topological polar surface area (TPSA) is 114 Å². The molecule has 0 radical (unpaired) electrons. The van der Waals surface area contributed by atoms with Crippen LogP contribution in [-0.4, -0.2) is 42.3 Å². The highest BCUT2D eigenvalue weighted by Crippen LogP contribution is 2.09. The average Bonchev–Trinajstić information content (AvgIpc) is 2.58. The molecule has 0 bridgehead atoms. The van der Waals surface area contributed by atoms with Gasteiger partial charge in [0.1, 0.15) is 0 Å². The zero-order valence-electron chi connectivity index (χ0n) is 13.1. The summed E-state index contributed by atoms with van der Waals surface area (Å²) in [6.45, 7) is 2.24. The number of benzene rings is 1. The van der Waals surface area contributed by atoms with Crippen molar-refractivity contribution in [2.75, 3.05) is 19.6 Å². The van der Waals surface area contributed by atoms with Crippen molar-refractivity contribution in [1.29, 1.82) is 0 Å². The molecule has 0 aromatic heterocycles. The molecular formula is C16H23N5O2. The lowest BCUT2D eigenvalue weighted by Crippen LogP contribution is -2.40. The molecule has 124 valence electrons. The van der Waals surface area contributed by atoms with Crippen LogP contribution in [-0.2, 0) is 11.3 Å². The number of piperidine rings is 1. The van der Waals surface area contributed by atoms with Gasteiger partial charge in [-0.05, 0) is 37.0 Å².